The van der Waals surface area contributed by atoms with Crippen LogP contribution in [0.4, 0.5) is 0 Å². The lowest BCUT2D eigenvalue weighted by Gasteiger charge is -2.04. The van der Waals surface area contributed by atoms with E-state index in [4.69, 9.17) is 11.6 Å². The van der Waals surface area contributed by atoms with E-state index in [1.807, 2.05) is 19.9 Å². The van der Waals surface area contributed by atoms with Crippen LogP contribution in [-0.4, -0.2) is 5.54 Å². The minimum absolute atomic E-state index is 0.198. The van der Waals surface area contributed by atoms with Crippen molar-refractivity contribution in [3.05, 3.63) is 11.8 Å². The molecular formula is C7H7ClN2. The van der Waals surface area contributed by atoms with Gasteiger partial charge in [-0.05, 0) is 37.4 Å². The van der Waals surface area contributed by atoms with E-state index in [1.165, 1.54) is 0 Å². The average Bonchev–Trinajstić information content (AvgIpc) is 2.12. The number of halogens is 1. The van der Waals surface area contributed by atoms with Gasteiger partial charge in [-0.3, -0.25) is 0 Å². The van der Waals surface area contributed by atoms with Crippen LogP contribution in [0.15, 0.2) is 22.0 Å². The standard InChI is InChI=1S/C7H7ClN2/c1-7(2)5-6(3-4-8)9-10-7/h5H,1-2H3. The van der Waals surface area contributed by atoms with Gasteiger partial charge in [0.1, 0.15) is 5.70 Å². The molecule has 0 amide bonds. The van der Waals surface area contributed by atoms with Gasteiger partial charge >= 0.3 is 0 Å². The Hall–Kier alpha value is -0.810. The largest absolute Gasteiger partial charge is 0.178 e. The Morgan fingerprint density at radius 3 is 2.70 bits per heavy atom. The second kappa shape index (κ2) is 2.43. The van der Waals surface area contributed by atoms with E-state index in [9.17, 15) is 0 Å². The Morgan fingerprint density at radius 2 is 2.30 bits per heavy atom. The summed E-state index contributed by atoms with van der Waals surface area (Å²) in [5.74, 6) is 2.62. The van der Waals surface area contributed by atoms with Crippen molar-refractivity contribution in [2.45, 2.75) is 19.4 Å². The minimum atomic E-state index is -0.198. The van der Waals surface area contributed by atoms with E-state index < -0.39 is 0 Å². The van der Waals surface area contributed by atoms with Crippen molar-refractivity contribution in [3.63, 3.8) is 0 Å². The van der Waals surface area contributed by atoms with Crippen LogP contribution in [0, 0.1) is 11.3 Å². The van der Waals surface area contributed by atoms with Crippen molar-refractivity contribution >= 4 is 11.6 Å². The van der Waals surface area contributed by atoms with Crippen LogP contribution in [0.2, 0.25) is 0 Å². The molecular weight excluding hydrogens is 148 g/mol. The third-order valence-corrected chi connectivity index (χ3v) is 1.18. The zero-order chi connectivity index (χ0) is 7.61. The summed E-state index contributed by atoms with van der Waals surface area (Å²) in [7, 11) is 0. The van der Waals surface area contributed by atoms with Gasteiger partial charge in [0, 0.05) is 5.38 Å². The molecule has 1 aliphatic rings. The normalized spacial score (nSPS) is 19.7. The number of allylic oxidation sites excluding steroid dienone is 1. The highest BCUT2D eigenvalue weighted by Crippen LogP contribution is 2.21. The van der Waals surface area contributed by atoms with E-state index in [2.05, 4.69) is 21.5 Å². The van der Waals surface area contributed by atoms with E-state index in [0.717, 1.165) is 0 Å². The quantitative estimate of drug-likeness (QED) is 0.479. The van der Waals surface area contributed by atoms with Gasteiger partial charge < -0.3 is 0 Å². The minimum Gasteiger partial charge on any atom is -0.178 e. The molecule has 0 spiro atoms. The van der Waals surface area contributed by atoms with E-state index >= 15 is 0 Å². The summed E-state index contributed by atoms with van der Waals surface area (Å²) in [6, 6.07) is 0. The first kappa shape index (κ1) is 7.30. The van der Waals surface area contributed by atoms with Crippen molar-refractivity contribution < 1.29 is 0 Å². The SMILES string of the molecule is CC1(C)C=C(C#CCl)N=N1. The second-order valence-corrected chi connectivity index (χ2v) is 2.79. The summed E-state index contributed by atoms with van der Waals surface area (Å²) in [5, 5.41) is 9.99. The van der Waals surface area contributed by atoms with E-state index in [1.54, 1.807) is 0 Å². The molecule has 0 fully saturated rings. The van der Waals surface area contributed by atoms with Crippen molar-refractivity contribution in [1.29, 1.82) is 0 Å². The first-order valence-corrected chi connectivity index (χ1v) is 3.29. The van der Waals surface area contributed by atoms with Crippen molar-refractivity contribution in [1.82, 2.24) is 0 Å². The molecule has 0 saturated heterocycles. The molecule has 0 atom stereocenters. The van der Waals surface area contributed by atoms with Crippen LogP contribution in [0.3, 0.4) is 0 Å². The zero-order valence-corrected chi connectivity index (χ0v) is 6.61. The van der Waals surface area contributed by atoms with E-state index in [0.29, 0.717) is 5.70 Å². The van der Waals surface area contributed by atoms with Gasteiger partial charge in [0.15, 0.2) is 0 Å². The van der Waals surface area contributed by atoms with Crippen molar-refractivity contribution in [2.24, 2.45) is 10.2 Å². The van der Waals surface area contributed by atoms with Gasteiger partial charge in [-0.1, -0.05) is 0 Å². The highest BCUT2D eigenvalue weighted by atomic mass is 35.5. The predicted molar refractivity (Wildman–Crippen MR) is 40.6 cm³/mol. The molecule has 0 N–H and O–H groups in total. The summed E-state index contributed by atoms with van der Waals surface area (Å²) in [6.07, 6.45) is 1.88. The van der Waals surface area contributed by atoms with Crippen LogP contribution >= 0.6 is 11.6 Å². The maximum atomic E-state index is 5.17. The molecule has 52 valence electrons. The smallest absolute Gasteiger partial charge is 0.135 e. The molecule has 3 heteroatoms. The van der Waals surface area contributed by atoms with Crippen molar-refractivity contribution in [3.8, 4) is 11.3 Å². The van der Waals surface area contributed by atoms with Gasteiger partial charge in [0.2, 0.25) is 0 Å². The van der Waals surface area contributed by atoms with E-state index in [-0.39, 0.29) is 5.54 Å². The molecule has 0 saturated carbocycles. The number of azo groups is 1. The third kappa shape index (κ3) is 1.58. The van der Waals surface area contributed by atoms with Crippen LogP contribution < -0.4 is 0 Å². The van der Waals surface area contributed by atoms with Gasteiger partial charge in [-0.2, -0.15) is 5.11 Å². The molecule has 0 aliphatic carbocycles. The number of nitrogens with zero attached hydrogens (tertiary/aromatic N) is 2. The molecule has 2 nitrogen and oxygen atoms in total. The zero-order valence-electron chi connectivity index (χ0n) is 5.85. The van der Waals surface area contributed by atoms with Gasteiger partial charge in [0.25, 0.3) is 0 Å². The molecule has 0 aromatic heterocycles. The maximum absolute atomic E-state index is 5.17. The highest BCUT2D eigenvalue weighted by Gasteiger charge is 2.18. The second-order valence-electron chi connectivity index (χ2n) is 2.60. The summed E-state index contributed by atoms with van der Waals surface area (Å²) in [5.41, 5.74) is 0.454. The summed E-state index contributed by atoms with van der Waals surface area (Å²) in [6.45, 7) is 3.92. The fourth-order valence-corrected chi connectivity index (χ4v) is 0.781. The summed E-state index contributed by atoms with van der Waals surface area (Å²) < 4.78 is 0. The first-order chi connectivity index (χ1) is 4.64. The molecule has 0 radical (unpaired) electrons. The van der Waals surface area contributed by atoms with Crippen LogP contribution in [0.5, 0.6) is 0 Å². The molecule has 1 heterocycles. The molecule has 0 bridgehead atoms. The molecule has 10 heavy (non-hydrogen) atoms. The monoisotopic (exact) mass is 154 g/mol. The van der Waals surface area contributed by atoms with Gasteiger partial charge in [-0.25, -0.2) is 0 Å². The summed E-state index contributed by atoms with van der Waals surface area (Å²) in [4.78, 5) is 0. The maximum Gasteiger partial charge on any atom is 0.135 e. The van der Waals surface area contributed by atoms with Crippen LogP contribution in [0.1, 0.15) is 13.8 Å². The topological polar surface area (TPSA) is 24.7 Å². The Labute approximate surface area is 65.0 Å². The Morgan fingerprint density at radius 1 is 1.60 bits per heavy atom. The number of hydrogen-bond acceptors (Lipinski definition) is 2. The molecule has 0 aromatic carbocycles. The lowest BCUT2D eigenvalue weighted by Crippen LogP contribution is -2.07. The van der Waals surface area contributed by atoms with Crippen LogP contribution in [0.25, 0.3) is 0 Å². The lowest BCUT2D eigenvalue weighted by molar-refractivity contribution is 0.644. The number of hydrogen-bond donors (Lipinski definition) is 0. The fourth-order valence-electron chi connectivity index (χ4n) is 0.685. The molecule has 0 aromatic rings. The average molecular weight is 155 g/mol. The third-order valence-electron chi connectivity index (χ3n) is 1.08. The van der Waals surface area contributed by atoms with Crippen LogP contribution in [-0.2, 0) is 0 Å². The summed E-state index contributed by atoms with van der Waals surface area (Å²) >= 11 is 5.17. The van der Waals surface area contributed by atoms with Gasteiger partial charge in [-0.15, -0.1) is 5.11 Å². The Bertz CT molecular complexity index is 253. The molecule has 0 unspecified atom stereocenters. The fraction of sp³-hybridized carbons (Fsp3) is 0.429. The molecule has 1 aliphatic heterocycles. The predicted octanol–water partition coefficient (Wildman–Crippen LogP) is 2.31. The van der Waals surface area contributed by atoms with Crippen molar-refractivity contribution in [2.75, 3.05) is 0 Å². The molecule has 1 rings (SSSR count). The first-order valence-electron chi connectivity index (χ1n) is 2.91. The van der Waals surface area contributed by atoms with Gasteiger partial charge in [0.05, 0.1) is 5.54 Å². The Balaban J connectivity index is 2.84. The number of rotatable bonds is 0. The Kier molecular flexibility index (Phi) is 1.78. The highest BCUT2D eigenvalue weighted by molar-refractivity contribution is 6.30. The lowest BCUT2D eigenvalue weighted by atomic mass is 10.1.